The Balaban J connectivity index is 2.08. The van der Waals surface area contributed by atoms with Gasteiger partial charge in [0.05, 0.1) is 0 Å². The third kappa shape index (κ3) is 3.51. The van der Waals surface area contributed by atoms with E-state index in [9.17, 15) is 0 Å². The molecule has 0 amide bonds. The number of rotatable bonds is 3. The summed E-state index contributed by atoms with van der Waals surface area (Å²) >= 11 is 0. The molecule has 1 aliphatic rings. The first-order chi connectivity index (χ1) is 8.69. The molecule has 18 heavy (non-hydrogen) atoms. The van der Waals surface area contributed by atoms with Gasteiger partial charge in [0.2, 0.25) is 0 Å². The van der Waals surface area contributed by atoms with Crippen molar-refractivity contribution in [3.8, 4) is 0 Å². The van der Waals surface area contributed by atoms with Gasteiger partial charge in [-0.05, 0) is 30.7 Å². The predicted octanol–water partition coefficient (Wildman–Crippen LogP) is 0.792. The van der Waals surface area contributed by atoms with E-state index in [0.29, 0.717) is 12.0 Å². The standard InChI is InChI=1S/C14H24N4/c1-12-8-17(2)11-14(7-15)18(9-12)10-13-3-5-16-6-4-13/h3-6,12,14H,7-11,15H2,1-2H3. The van der Waals surface area contributed by atoms with Crippen molar-refractivity contribution in [3.63, 3.8) is 0 Å². The summed E-state index contributed by atoms with van der Waals surface area (Å²) in [5, 5.41) is 0. The maximum absolute atomic E-state index is 5.94. The fraction of sp³-hybridized carbons (Fsp3) is 0.643. The number of pyridine rings is 1. The second-order valence-electron chi connectivity index (χ2n) is 5.50. The number of likely N-dealkylation sites (N-methyl/N-ethyl adjacent to an activating group) is 1. The fourth-order valence-corrected chi connectivity index (χ4v) is 2.83. The molecule has 0 spiro atoms. The Labute approximate surface area is 110 Å². The zero-order valence-electron chi connectivity index (χ0n) is 11.4. The first-order valence-corrected chi connectivity index (χ1v) is 6.70. The highest BCUT2D eigenvalue weighted by molar-refractivity contribution is 5.10. The highest BCUT2D eigenvalue weighted by Gasteiger charge is 2.25. The molecule has 0 bridgehead atoms. The van der Waals surface area contributed by atoms with Gasteiger partial charge in [-0.2, -0.15) is 0 Å². The van der Waals surface area contributed by atoms with Crippen LogP contribution in [0.15, 0.2) is 24.5 Å². The van der Waals surface area contributed by atoms with Crippen LogP contribution < -0.4 is 5.73 Å². The topological polar surface area (TPSA) is 45.4 Å². The van der Waals surface area contributed by atoms with Gasteiger partial charge in [-0.1, -0.05) is 6.92 Å². The van der Waals surface area contributed by atoms with E-state index in [4.69, 9.17) is 5.73 Å². The van der Waals surface area contributed by atoms with Crippen LogP contribution in [0.1, 0.15) is 12.5 Å². The molecule has 2 heterocycles. The summed E-state index contributed by atoms with van der Waals surface area (Å²) in [5.41, 5.74) is 7.26. The van der Waals surface area contributed by atoms with Crippen LogP contribution in [-0.2, 0) is 6.54 Å². The summed E-state index contributed by atoms with van der Waals surface area (Å²) in [6, 6.07) is 4.63. The van der Waals surface area contributed by atoms with E-state index in [-0.39, 0.29) is 0 Å². The summed E-state index contributed by atoms with van der Waals surface area (Å²) in [5.74, 6) is 0.688. The summed E-state index contributed by atoms with van der Waals surface area (Å²) in [7, 11) is 2.19. The van der Waals surface area contributed by atoms with Gasteiger partial charge in [0.25, 0.3) is 0 Å². The number of hydrogen-bond donors (Lipinski definition) is 1. The molecule has 2 rings (SSSR count). The fourth-order valence-electron chi connectivity index (χ4n) is 2.83. The monoisotopic (exact) mass is 248 g/mol. The second kappa shape index (κ2) is 6.27. The van der Waals surface area contributed by atoms with Crippen LogP contribution >= 0.6 is 0 Å². The number of hydrogen-bond acceptors (Lipinski definition) is 4. The highest BCUT2D eigenvalue weighted by Crippen LogP contribution is 2.15. The zero-order valence-corrected chi connectivity index (χ0v) is 11.4. The van der Waals surface area contributed by atoms with Crippen molar-refractivity contribution >= 4 is 0 Å². The first kappa shape index (κ1) is 13.5. The Bertz CT molecular complexity index is 354. The molecule has 0 radical (unpaired) electrons. The molecule has 0 aliphatic carbocycles. The number of nitrogens with zero attached hydrogens (tertiary/aromatic N) is 3. The minimum absolute atomic E-state index is 0.452. The van der Waals surface area contributed by atoms with Crippen LogP contribution in [0.4, 0.5) is 0 Å². The van der Waals surface area contributed by atoms with Gasteiger partial charge < -0.3 is 10.6 Å². The molecule has 4 nitrogen and oxygen atoms in total. The Hall–Kier alpha value is -0.970. The third-order valence-corrected chi connectivity index (χ3v) is 3.62. The van der Waals surface area contributed by atoms with Crippen LogP contribution in [0.5, 0.6) is 0 Å². The van der Waals surface area contributed by atoms with Gasteiger partial charge >= 0.3 is 0 Å². The molecular weight excluding hydrogens is 224 g/mol. The first-order valence-electron chi connectivity index (χ1n) is 6.70. The lowest BCUT2D eigenvalue weighted by Gasteiger charge is -2.30. The zero-order chi connectivity index (χ0) is 13.0. The summed E-state index contributed by atoms with van der Waals surface area (Å²) in [6.45, 7) is 7.35. The molecule has 0 aromatic carbocycles. The summed E-state index contributed by atoms with van der Waals surface area (Å²) < 4.78 is 0. The Kier molecular flexibility index (Phi) is 4.69. The smallest absolute Gasteiger partial charge is 0.0349 e. The number of aromatic nitrogens is 1. The Morgan fingerprint density at radius 1 is 1.28 bits per heavy atom. The van der Waals surface area contributed by atoms with E-state index in [0.717, 1.165) is 32.7 Å². The van der Waals surface area contributed by atoms with Crippen LogP contribution in [0.3, 0.4) is 0 Å². The van der Waals surface area contributed by atoms with Gasteiger partial charge in [0.1, 0.15) is 0 Å². The van der Waals surface area contributed by atoms with Crippen LogP contribution in [-0.4, -0.2) is 54.1 Å². The Morgan fingerprint density at radius 2 is 2.00 bits per heavy atom. The van der Waals surface area contributed by atoms with Crippen molar-refractivity contribution in [1.29, 1.82) is 0 Å². The lowest BCUT2D eigenvalue weighted by Crippen LogP contribution is -2.44. The van der Waals surface area contributed by atoms with E-state index in [2.05, 4.69) is 40.9 Å². The normalized spacial score (nSPS) is 27.1. The van der Waals surface area contributed by atoms with Gasteiger partial charge in [-0.25, -0.2) is 0 Å². The molecule has 0 saturated carbocycles. The largest absolute Gasteiger partial charge is 0.329 e. The summed E-state index contributed by atoms with van der Waals surface area (Å²) in [6.07, 6.45) is 3.72. The van der Waals surface area contributed by atoms with Gasteiger partial charge in [0.15, 0.2) is 0 Å². The quantitative estimate of drug-likeness (QED) is 0.859. The van der Waals surface area contributed by atoms with E-state index in [1.165, 1.54) is 5.56 Å². The molecule has 2 atom stereocenters. The van der Waals surface area contributed by atoms with Crippen molar-refractivity contribution in [3.05, 3.63) is 30.1 Å². The van der Waals surface area contributed by atoms with Crippen LogP contribution in [0, 0.1) is 5.92 Å². The van der Waals surface area contributed by atoms with Crippen molar-refractivity contribution in [2.75, 3.05) is 33.2 Å². The van der Waals surface area contributed by atoms with E-state index in [1.54, 1.807) is 0 Å². The van der Waals surface area contributed by atoms with Gasteiger partial charge in [-0.3, -0.25) is 9.88 Å². The second-order valence-corrected chi connectivity index (χ2v) is 5.50. The van der Waals surface area contributed by atoms with Crippen LogP contribution in [0.2, 0.25) is 0 Å². The molecule has 1 aliphatic heterocycles. The van der Waals surface area contributed by atoms with Gasteiger partial charge in [0, 0.05) is 51.2 Å². The third-order valence-electron chi connectivity index (χ3n) is 3.62. The predicted molar refractivity (Wildman–Crippen MR) is 74.2 cm³/mol. The molecule has 1 aromatic heterocycles. The molecule has 1 saturated heterocycles. The molecule has 2 unspecified atom stereocenters. The minimum atomic E-state index is 0.452. The molecule has 1 aromatic rings. The van der Waals surface area contributed by atoms with E-state index < -0.39 is 0 Å². The lowest BCUT2D eigenvalue weighted by atomic mass is 10.1. The van der Waals surface area contributed by atoms with Crippen LogP contribution in [0.25, 0.3) is 0 Å². The van der Waals surface area contributed by atoms with E-state index in [1.807, 2.05) is 12.4 Å². The minimum Gasteiger partial charge on any atom is -0.329 e. The van der Waals surface area contributed by atoms with Crippen molar-refractivity contribution in [2.24, 2.45) is 11.7 Å². The molecule has 2 N–H and O–H groups in total. The van der Waals surface area contributed by atoms with Gasteiger partial charge in [-0.15, -0.1) is 0 Å². The Morgan fingerprint density at radius 3 is 2.67 bits per heavy atom. The van der Waals surface area contributed by atoms with Crippen molar-refractivity contribution < 1.29 is 0 Å². The maximum Gasteiger partial charge on any atom is 0.0349 e. The molecule has 1 fully saturated rings. The summed E-state index contributed by atoms with van der Waals surface area (Å²) in [4.78, 5) is 8.99. The van der Waals surface area contributed by atoms with E-state index >= 15 is 0 Å². The highest BCUT2D eigenvalue weighted by atomic mass is 15.2. The lowest BCUT2D eigenvalue weighted by molar-refractivity contribution is 0.178. The number of nitrogens with two attached hydrogens (primary N) is 1. The SMILES string of the molecule is CC1CN(C)CC(CN)N(Cc2ccncc2)C1. The van der Waals surface area contributed by atoms with Crippen molar-refractivity contribution in [2.45, 2.75) is 19.5 Å². The van der Waals surface area contributed by atoms with Crippen molar-refractivity contribution in [1.82, 2.24) is 14.8 Å². The maximum atomic E-state index is 5.94. The molecule has 4 heteroatoms. The average Bonchev–Trinajstić information content (AvgIpc) is 2.48. The molecular formula is C14H24N4. The average molecular weight is 248 g/mol. The molecule has 100 valence electrons.